The van der Waals surface area contributed by atoms with E-state index in [2.05, 4.69) is 10.2 Å². The Morgan fingerprint density at radius 2 is 1.79 bits per heavy atom. The van der Waals surface area contributed by atoms with E-state index >= 15 is 0 Å². The predicted octanol–water partition coefficient (Wildman–Crippen LogP) is 4.25. The standard InChI is InChI=1S/C26H35N3O3.2BrH/c1-17-3-6-20(7-4-17)26(31)28-11-14-29-12-9-19(10-13-29)23-15-22-21(24(16-27)32-23)8-5-18(2)25(22)30;;/h3-8,19,23-24,30H,9-16,27H2,1-2H3,(H,28,31);2*1H/t23-,24-;;/m0../s1. The quantitative estimate of drug-likeness (QED) is 0.463. The third kappa shape index (κ3) is 6.61. The first-order valence-electron chi connectivity index (χ1n) is 11.7. The highest BCUT2D eigenvalue weighted by Crippen LogP contribution is 2.40. The monoisotopic (exact) mass is 597 g/mol. The molecule has 1 amide bonds. The molecule has 0 radical (unpaired) electrons. The van der Waals surface area contributed by atoms with Gasteiger partial charge < -0.3 is 25.8 Å². The van der Waals surface area contributed by atoms with Crippen LogP contribution in [-0.2, 0) is 11.2 Å². The number of hydrogen-bond acceptors (Lipinski definition) is 5. The zero-order valence-corrected chi connectivity index (χ0v) is 23.4. The van der Waals surface area contributed by atoms with Gasteiger partial charge in [0.25, 0.3) is 5.91 Å². The number of ether oxygens (including phenoxy) is 1. The first-order chi connectivity index (χ1) is 15.5. The van der Waals surface area contributed by atoms with Crippen molar-refractivity contribution in [3.05, 3.63) is 64.2 Å². The van der Waals surface area contributed by atoms with Crippen molar-refractivity contribution in [1.29, 1.82) is 0 Å². The van der Waals surface area contributed by atoms with Gasteiger partial charge in [-0.05, 0) is 69.0 Å². The van der Waals surface area contributed by atoms with E-state index < -0.39 is 0 Å². The molecule has 1 fully saturated rings. The minimum absolute atomic E-state index is 0. The first-order valence-corrected chi connectivity index (χ1v) is 11.7. The Morgan fingerprint density at radius 3 is 2.44 bits per heavy atom. The summed E-state index contributed by atoms with van der Waals surface area (Å²) in [5.41, 5.74) is 10.8. The first kappa shape index (κ1) is 28.8. The van der Waals surface area contributed by atoms with E-state index in [1.165, 1.54) is 0 Å². The van der Waals surface area contributed by atoms with E-state index in [9.17, 15) is 9.90 Å². The zero-order chi connectivity index (χ0) is 22.7. The molecule has 4 rings (SSSR count). The lowest BCUT2D eigenvalue weighted by Crippen LogP contribution is -2.44. The topological polar surface area (TPSA) is 87.8 Å². The number of amides is 1. The molecule has 188 valence electrons. The van der Waals surface area contributed by atoms with E-state index in [4.69, 9.17) is 10.5 Å². The van der Waals surface area contributed by atoms with Crippen molar-refractivity contribution in [2.75, 3.05) is 32.7 Å². The Labute approximate surface area is 223 Å². The van der Waals surface area contributed by atoms with Gasteiger partial charge in [0, 0.05) is 37.2 Å². The smallest absolute Gasteiger partial charge is 0.251 e. The van der Waals surface area contributed by atoms with Gasteiger partial charge >= 0.3 is 0 Å². The summed E-state index contributed by atoms with van der Waals surface area (Å²) in [4.78, 5) is 14.7. The highest BCUT2D eigenvalue weighted by molar-refractivity contribution is 8.93. The van der Waals surface area contributed by atoms with Crippen LogP contribution in [0.4, 0.5) is 0 Å². The largest absolute Gasteiger partial charge is 0.507 e. The summed E-state index contributed by atoms with van der Waals surface area (Å²) in [6.07, 6.45) is 2.79. The van der Waals surface area contributed by atoms with Crippen LogP contribution in [0.1, 0.15) is 51.6 Å². The van der Waals surface area contributed by atoms with Crippen molar-refractivity contribution in [2.24, 2.45) is 11.7 Å². The number of phenols is 1. The second-order valence-electron chi connectivity index (χ2n) is 9.20. The SMILES string of the molecule is Br.Br.Cc1ccc(C(=O)NCCN2CCC([C@@H]3Cc4c(ccc(C)c4O)[C@H](CN)O3)CC2)cc1. The normalized spacial score (nSPS) is 20.6. The van der Waals surface area contributed by atoms with Crippen LogP contribution < -0.4 is 11.1 Å². The van der Waals surface area contributed by atoms with Gasteiger partial charge in [-0.3, -0.25) is 4.79 Å². The molecule has 2 heterocycles. The molecule has 8 heteroatoms. The van der Waals surface area contributed by atoms with Crippen LogP contribution in [0.2, 0.25) is 0 Å². The van der Waals surface area contributed by atoms with E-state index in [1.54, 1.807) is 0 Å². The van der Waals surface area contributed by atoms with E-state index in [1.807, 2.05) is 50.2 Å². The molecular weight excluding hydrogens is 562 g/mol. The Bertz CT molecular complexity index is 947. The third-order valence-corrected chi connectivity index (χ3v) is 7.01. The molecule has 6 nitrogen and oxygen atoms in total. The minimum atomic E-state index is -0.148. The third-order valence-electron chi connectivity index (χ3n) is 7.01. The number of rotatable bonds is 6. The molecule has 2 aliphatic rings. The molecule has 2 aromatic carbocycles. The molecular formula is C26H37Br2N3O3. The van der Waals surface area contributed by atoms with Gasteiger partial charge in [0.2, 0.25) is 0 Å². The number of aromatic hydroxyl groups is 1. The number of fused-ring (bicyclic) bond motifs is 1. The summed E-state index contributed by atoms with van der Waals surface area (Å²) in [5, 5.41) is 13.6. The van der Waals surface area contributed by atoms with Gasteiger partial charge in [0.15, 0.2) is 0 Å². The number of nitrogens with zero attached hydrogens (tertiary/aromatic N) is 1. The number of aryl methyl sites for hydroxylation is 2. The number of benzene rings is 2. The van der Waals surface area contributed by atoms with Crippen molar-refractivity contribution >= 4 is 39.9 Å². The molecule has 34 heavy (non-hydrogen) atoms. The van der Waals surface area contributed by atoms with E-state index in [0.717, 1.165) is 61.2 Å². The van der Waals surface area contributed by atoms with Gasteiger partial charge in [0.05, 0.1) is 12.2 Å². The summed E-state index contributed by atoms with van der Waals surface area (Å²) in [5.74, 6) is 0.837. The fraction of sp³-hybridized carbons (Fsp3) is 0.500. The van der Waals surface area contributed by atoms with Crippen LogP contribution >= 0.6 is 34.0 Å². The van der Waals surface area contributed by atoms with E-state index in [-0.39, 0.29) is 52.1 Å². The number of carbonyl (C=O) groups is 1. The van der Waals surface area contributed by atoms with Gasteiger partial charge in [0.1, 0.15) is 5.75 Å². The van der Waals surface area contributed by atoms with Crippen LogP contribution in [-0.4, -0.2) is 54.7 Å². The number of nitrogens with one attached hydrogen (secondary N) is 1. The molecule has 2 aliphatic heterocycles. The molecule has 0 spiro atoms. The molecule has 2 aromatic rings. The maximum Gasteiger partial charge on any atom is 0.251 e. The van der Waals surface area contributed by atoms with Crippen LogP contribution in [0.5, 0.6) is 5.75 Å². The maximum absolute atomic E-state index is 12.3. The Kier molecular flexibility index (Phi) is 11.0. The van der Waals surface area contributed by atoms with Crippen LogP contribution in [0, 0.1) is 19.8 Å². The number of likely N-dealkylation sites (tertiary alicyclic amines) is 1. The van der Waals surface area contributed by atoms with Crippen molar-refractivity contribution in [3.63, 3.8) is 0 Å². The average molecular weight is 599 g/mol. The van der Waals surface area contributed by atoms with Crippen LogP contribution in [0.15, 0.2) is 36.4 Å². The van der Waals surface area contributed by atoms with Gasteiger partial charge in [-0.25, -0.2) is 0 Å². The second kappa shape index (κ2) is 13.0. The summed E-state index contributed by atoms with van der Waals surface area (Å²) in [6.45, 7) is 7.86. The minimum Gasteiger partial charge on any atom is -0.507 e. The van der Waals surface area contributed by atoms with Gasteiger partial charge in [-0.15, -0.1) is 34.0 Å². The molecule has 0 unspecified atom stereocenters. The summed E-state index contributed by atoms with van der Waals surface area (Å²) in [7, 11) is 0. The molecule has 0 aliphatic carbocycles. The second-order valence-corrected chi connectivity index (χ2v) is 9.20. The van der Waals surface area contributed by atoms with Crippen molar-refractivity contribution in [1.82, 2.24) is 10.2 Å². The maximum atomic E-state index is 12.3. The molecule has 0 aromatic heterocycles. The summed E-state index contributed by atoms with van der Waals surface area (Å²) in [6, 6.07) is 11.6. The molecule has 4 N–H and O–H groups in total. The van der Waals surface area contributed by atoms with Crippen LogP contribution in [0.3, 0.4) is 0 Å². The number of phenolic OH excluding ortho intramolecular Hbond substituents is 1. The highest BCUT2D eigenvalue weighted by Gasteiger charge is 2.35. The Morgan fingerprint density at radius 1 is 1.12 bits per heavy atom. The van der Waals surface area contributed by atoms with Gasteiger partial charge in [-0.2, -0.15) is 0 Å². The van der Waals surface area contributed by atoms with Crippen LogP contribution in [0.25, 0.3) is 0 Å². The zero-order valence-electron chi connectivity index (χ0n) is 20.0. The molecule has 2 atom stereocenters. The van der Waals surface area contributed by atoms with Gasteiger partial charge in [-0.1, -0.05) is 29.8 Å². The lowest BCUT2D eigenvalue weighted by Gasteiger charge is -2.40. The Balaban J connectivity index is 0.00000204. The summed E-state index contributed by atoms with van der Waals surface area (Å²) >= 11 is 0. The molecule has 1 saturated heterocycles. The highest BCUT2D eigenvalue weighted by atomic mass is 79.9. The molecule has 0 saturated carbocycles. The number of hydrogen-bond donors (Lipinski definition) is 3. The lowest BCUT2D eigenvalue weighted by atomic mass is 9.83. The lowest BCUT2D eigenvalue weighted by molar-refractivity contribution is -0.0645. The van der Waals surface area contributed by atoms with E-state index in [0.29, 0.717) is 30.3 Å². The Hall–Kier alpha value is -1.45. The predicted molar refractivity (Wildman–Crippen MR) is 147 cm³/mol. The number of nitrogens with two attached hydrogens (primary N) is 1. The molecule has 0 bridgehead atoms. The number of piperidine rings is 1. The summed E-state index contributed by atoms with van der Waals surface area (Å²) < 4.78 is 6.39. The average Bonchev–Trinajstić information content (AvgIpc) is 2.81. The number of carbonyl (C=O) groups excluding carboxylic acids is 1. The fourth-order valence-electron chi connectivity index (χ4n) is 4.96. The van der Waals surface area contributed by atoms with Crippen molar-refractivity contribution < 1.29 is 14.6 Å². The van der Waals surface area contributed by atoms with Crippen molar-refractivity contribution in [2.45, 2.75) is 45.3 Å². The fourth-order valence-corrected chi connectivity index (χ4v) is 4.96. The number of halogens is 2. The van der Waals surface area contributed by atoms with Crippen molar-refractivity contribution in [3.8, 4) is 5.75 Å².